The van der Waals surface area contributed by atoms with Crippen molar-refractivity contribution >= 4 is 17.3 Å². The van der Waals surface area contributed by atoms with E-state index in [1.54, 1.807) is 43.7 Å². The van der Waals surface area contributed by atoms with E-state index in [2.05, 4.69) is 5.10 Å². The van der Waals surface area contributed by atoms with Gasteiger partial charge in [0.05, 0.1) is 23.9 Å². The molecule has 2 aromatic rings. The van der Waals surface area contributed by atoms with Crippen molar-refractivity contribution in [3.05, 3.63) is 30.6 Å². The number of rotatable bonds is 3. The summed E-state index contributed by atoms with van der Waals surface area (Å²) in [5.41, 5.74) is 0.827. The lowest BCUT2D eigenvalue weighted by Crippen LogP contribution is -2.38. The van der Waals surface area contributed by atoms with Gasteiger partial charge in [0.2, 0.25) is 0 Å². The van der Waals surface area contributed by atoms with Gasteiger partial charge in [-0.3, -0.25) is 4.90 Å². The Morgan fingerprint density at radius 3 is 2.80 bits per heavy atom. The highest BCUT2D eigenvalue weighted by Crippen LogP contribution is 2.19. The van der Waals surface area contributed by atoms with Gasteiger partial charge in [-0.05, 0) is 39.0 Å². The van der Waals surface area contributed by atoms with Crippen LogP contribution in [0.4, 0.5) is 14.9 Å². The number of nitrogens with zero attached hydrogens (tertiary/aromatic N) is 3. The highest BCUT2D eigenvalue weighted by Gasteiger charge is 2.23. The summed E-state index contributed by atoms with van der Waals surface area (Å²) >= 11 is 0. The zero-order valence-corrected chi connectivity index (χ0v) is 11.8. The molecule has 2 aromatic heterocycles. The molecule has 0 aliphatic heterocycles. The van der Waals surface area contributed by atoms with Crippen molar-refractivity contribution in [2.75, 3.05) is 18.1 Å². The Hall–Kier alpha value is -2.11. The van der Waals surface area contributed by atoms with Gasteiger partial charge in [-0.25, -0.2) is 13.7 Å². The zero-order chi connectivity index (χ0) is 14.8. The van der Waals surface area contributed by atoms with Crippen molar-refractivity contribution in [3.63, 3.8) is 0 Å². The summed E-state index contributed by atoms with van der Waals surface area (Å²) in [4.78, 5) is 13.4. The molecule has 5 nitrogen and oxygen atoms in total. The molecule has 0 fully saturated rings. The summed E-state index contributed by atoms with van der Waals surface area (Å²) in [5, 5.41) is 4.10. The van der Waals surface area contributed by atoms with Crippen LogP contribution in [-0.2, 0) is 4.74 Å². The Kier molecular flexibility index (Phi) is 3.92. The first kappa shape index (κ1) is 14.3. The van der Waals surface area contributed by atoms with Gasteiger partial charge in [0, 0.05) is 6.20 Å². The molecule has 0 N–H and O–H groups in total. The molecule has 0 unspecified atom stereocenters. The molecule has 0 atom stereocenters. The molecule has 0 saturated heterocycles. The van der Waals surface area contributed by atoms with Gasteiger partial charge in [-0.15, -0.1) is 0 Å². The number of carbonyl (C=O) groups is 1. The summed E-state index contributed by atoms with van der Waals surface area (Å²) in [5.74, 6) is 0. The monoisotopic (exact) mass is 279 g/mol. The SMILES string of the molecule is CC(C)(C)OC(=O)N(CCF)c1ccc2ccnn2c1. The second-order valence-corrected chi connectivity index (χ2v) is 5.41. The predicted octanol–water partition coefficient (Wildman–Crippen LogP) is 3.05. The third kappa shape index (κ3) is 3.26. The van der Waals surface area contributed by atoms with E-state index in [-0.39, 0.29) is 6.54 Å². The van der Waals surface area contributed by atoms with Crippen LogP contribution in [0.3, 0.4) is 0 Å². The average molecular weight is 279 g/mol. The first-order valence-electron chi connectivity index (χ1n) is 6.40. The van der Waals surface area contributed by atoms with Gasteiger partial charge in [0.25, 0.3) is 0 Å². The molecule has 0 aromatic carbocycles. The maximum Gasteiger partial charge on any atom is 0.414 e. The Bertz CT molecular complexity index is 604. The summed E-state index contributed by atoms with van der Waals surface area (Å²) in [6, 6.07) is 5.41. The number of ether oxygens (including phenoxy) is 1. The normalized spacial score (nSPS) is 11.6. The molecule has 0 saturated carbocycles. The van der Waals surface area contributed by atoms with Gasteiger partial charge in [-0.2, -0.15) is 5.10 Å². The third-order valence-electron chi connectivity index (χ3n) is 2.61. The highest BCUT2D eigenvalue weighted by molar-refractivity contribution is 5.87. The molecule has 2 heterocycles. The van der Waals surface area contributed by atoms with Crippen LogP contribution in [0.15, 0.2) is 30.6 Å². The smallest absolute Gasteiger partial charge is 0.414 e. The summed E-state index contributed by atoms with van der Waals surface area (Å²) in [6.07, 6.45) is 2.77. The molecule has 108 valence electrons. The molecule has 0 radical (unpaired) electrons. The first-order valence-corrected chi connectivity index (χ1v) is 6.40. The third-order valence-corrected chi connectivity index (χ3v) is 2.61. The van der Waals surface area contributed by atoms with Gasteiger partial charge in [-0.1, -0.05) is 0 Å². The Morgan fingerprint density at radius 1 is 1.40 bits per heavy atom. The fraction of sp³-hybridized carbons (Fsp3) is 0.429. The summed E-state index contributed by atoms with van der Waals surface area (Å²) < 4.78 is 19.6. The van der Waals surface area contributed by atoms with Gasteiger partial charge in [0.1, 0.15) is 12.3 Å². The standard InChI is InChI=1S/C14H18FN3O2/c1-14(2,3)20-13(19)17(9-7-15)12-5-4-11-6-8-16-18(11)10-12/h4-6,8,10H,7,9H2,1-3H3. The molecule has 6 heteroatoms. The van der Waals surface area contributed by atoms with Crippen LogP contribution < -0.4 is 4.90 Å². The Balaban J connectivity index is 2.29. The predicted molar refractivity (Wildman–Crippen MR) is 74.7 cm³/mol. The molecular weight excluding hydrogens is 261 g/mol. The van der Waals surface area contributed by atoms with Crippen molar-refractivity contribution in [3.8, 4) is 0 Å². The van der Waals surface area contributed by atoms with Gasteiger partial charge in [0.15, 0.2) is 0 Å². The van der Waals surface area contributed by atoms with Crippen molar-refractivity contribution in [2.45, 2.75) is 26.4 Å². The quantitative estimate of drug-likeness (QED) is 0.867. The van der Waals surface area contributed by atoms with Crippen LogP contribution in [-0.4, -0.2) is 34.5 Å². The minimum Gasteiger partial charge on any atom is -0.443 e. The van der Waals surface area contributed by atoms with Gasteiger partial charge < -0.3 is 4.74 Å². The van der Waals surface area contributed by atoms with Crippen LogP contribution in [0.1, 0.15) is 20.8 Å². The van der Waals surface area contributed by atoms with Crippen LogP contribution in [0.5, 0.6) is 0 Å². The molecule has 20 heavy (non-hydrogen) atoms. The van der Waals surface area contributed by atoms with Gasteiger partial charge >= 0.3 is 6.09 Å². The Morgan fingerprint density at radius 2 is 2.15 bits per heavy atom. The lowest BCUT2D eigenvalue weighted by Gasteiger charge is -2.26. The summed E-state index contributed by atoms with van der Waals surface area (Å²) in [7, 11) is 0. The van der Waals surface area contributed by atoms with Crippen LogP contribution >= 0.6 is 0 Å². The Labute approximate surface area is 116 Å². The van der Waals surface area contributed by atoms with E-state index in [4.69, 9.17) is 4.74 Å². The molecule has 1 amide bonds. The van der Waals surface area contributed by atoms with Crippen molar-refractivity contribution in [1.82, 2.24) is 9.61 Å². The van der Waals surface area contributed by atoms with E-state index in [9.17, 15) is 9.18 Å². The topological polar surface area (TPSA) is 46.8 Å². The van der Waals surface area contributed by atoms with Crippen LogP contribution in [0, 0.1) is 0 Å². The number of amides is 1. The van der Waals surface area contributed by atoms with E-state index < -0.39 is 18.4 Å². The number of halogens is 1. The number of fused-ring (bicyclic) bond motifs is 1. The molecule has 0 aliphatic carbocycles. The second-order valence-electron chi connectivity index (χ2n) is 5.41. The number of anilines is 1. The molecule has 2 rings (SSSR count). The molecule has 0 aliphatic rings. The number of hydrogen-bond acceptors (Lipinski definition) is 3. The number of hydrogen-bond donors (Lipinski definition) is 0. The maximum absolute atomic E-state index is 12.7. The lowest BCUT2D eigenvalue weighted by molar-refractivity contribution is 0.0578. The molecule has 0 bridgehead atoms. The van der Waals surface area contributed by atoms with E-state index >= 15 is 0 Å². The number of alkyl halides is 1. The fourth-order valence-electron chi connectivity index (χ4n) is 1.79. The molecular formula is C14H18FN3O2. The van der Waals surface area contributed by atoms with Crippen molar-refractivity contribution < 1.29 is 13.9 Å². The largest absolute Gasteiger partial charge is 0.443 e. The van der Waals surface area contributed by atoms with E-state index in [1.807, 2.05) is 12.1 Å². The first-order chi connectivity index (χ1) is 9.40. The van der Waals surface area contributed by atoms with E-state index in [0.717, 1.165) is 5.52 Å². The van der Waals surface area contributed by atoms with E-state index in [0.29, 0.717) is 5.69 Å². The minimum absolute atomic E-state index is 0.0539. The van der Waals surface area contributed by atoms with Crippen LogP contribution in [0.25, 0.3) is 5.52 Å². The maximum atomic E-state index is 12.7. The summed E-state index contributed by atoms with van der Waals surface area (Å²) in [6.45, 7) is 4.62. The number of aromatic nitrogens is 2. The van der Waals surface area contributed by atoms with E-state index in [1.165, 1.54) is 4.90 Å². The minimum atomic E-state index is -0.642. The fourth-order valence-corrected chi connectivity index (χ4v) is 1.79. The highest BCUT2D eigenvalue weighted by atomic mass is 19.1. The lowest BCUT2D eigenvalue weighted by atomic mass is 10.2. The molecule has 0 spiro atoms. The zero-order valence-electron chi connectivity index (χ0n) is 11.8. The number of carbonyl (C=O) groups excluding carboxylic acids is 1. The van der Waals surface area contributed by atoms with Crippen LogP contribution in [0.2, 0.25) is 0 Å². The number of pyridine rings is 1. The van der Waals surface area contributed by atoms with Crippen molar-refractivity contribution in [2.24, 2.45) is 0 Å². The van der Waals surface area contributed by atoms with Crippen molar-refractivity contribution in [1.29, 1.82) is 0 Å². The second kappa shape index (κ2) is 5.48. The average Bonchev–Trinajstić information content (AvgIpc) is 2.80.